The predicted octanol–water partition coefficient (Wildman–Crippen LogP) is 3.87. The molecule has 1 heterocycles. The van der Waals surface area contributed by atoms with Crippen LogP contribution in [0.3, 0.4) is 0 Å². The van der Waals surface area contributed by atoms with Crippen LogP contribution in [-0.4, -0.2) is 39.3 Å². The zero-order valence-corrected chi connectivity index (χ0v) is 18.0. The van der Waals surface area contributed by atoms with Crippen molar-refractivity contribution in [1.82, 2.24) is 0 Å². The van der Waals surface area contributed by atoms with Crippen molar-refractivity contribution in [2.45, 2.75) is 53.1 Å². The van der Waals surface area contributed by atoms with Crippen LogP contribution in [0.1, 0.15) is 13.8 Å². The monoisotopic (exact) mass is 361 g/mol. The smallest absolute Gasteiger partial charge is 0.347 e. The molecule has 0 bridgehead atoms. The van der Waals surface area contributed by atoms with Crippen LogP contribution in [0.15, 0.2) is 23.0 Å². The van der Waals surface area contributed by atoms with Crippen LogP contribution in [0.25, 0.3) is 0 Å². The van der Waals surface area contributed by atoms with Gasteiger partial charge in [-0.05, 0) is 53.1 Å². The van der Waals surface area contributed by atoms with Gasteiger partial charge in [-0.15, -0.1) is 0 Å². The quantitative estimate of drug-likeness (QED) is 0.205. The van der Waals surface area contributed by atoms with Gasteiger partial charge < -0.3 is 22.4 Å². The third-order valence-electron chi connectivity index (χ3n) is 2.98. The number of epoxide rings is 1. The maximum Gasteiger partial charge on any atom is 0.347 e. The van der Waals surface area contributed by atoms with Gasteiger partial charge in [-0.1, -0.05) is 0 Å². The van der Waals surface area contributed by atoms with E-state index in [1.807, 2.05) is 6.92 Å². The molecular formula is C14H29O5Si3. The highest BCUT2D eigenvalue weighted by Crippen LogP contribution is 2.26. The Labute approximate surface area is 138 Å². The van der Waals surface area contributed by atoms with Gasteiger partial charge in [0.15, 0.2) is 23.1 Å². The van der Waals surface area contributed by atoms with Crippen molar-refractivity contribution in [1.29, 1.82) is 0 Å². The molecule has 0 saturated carbocycles. The fourth-order valence-electron chi connectivity index (χ4n) is 1.93. The normalized spacial score (nSPS) is 20.3. The first-order valence-corrected chi connectivity index (χ1v) is 15.6. The minimum absolute atomic E-state index is 0.170. The van der Waals surface area contributed by atoms with Crippen molar-refractivity contribution in [3.63, 3.8) is 0 Å². The van der Waals surface area contributed by atoms with Crippen molar-refractivity contribution in [2.24, 2.45) is 0 Å². The molecule has 1 rings (SSSR count). The van der Waals surface area contributed by atoms with Gasteiger partial charge in [-0.3, -0.25) is 0 Å². The van der Waals surface area contributed by atoms with Crippen molar-refractivity contribution in [2.75, 3.05) is 13.4 Å². The largest absolute Gasteiger partial charge is 0.483 e. The van der Waals surface area contributed by atoms with Crippen molar-refractivity contribution < 1.29 is 22.4 Å². The first-order valence-electron chi connectivity index (χ1n) is 7.47. The molecule has 0 aromatic rings. The van der Waals surface area contributed by atoms with E-state index in [-0.39, 0.29) is 6.79 Å². The number of hydrogen-bond acceptors (Lipinski definition) is 5. The maximum absolute atomic E-state index is 6.44. The first kappa shape index (κ1) is 19.5. The Bertz CT molecular complexity index is 436. The minimum atomic E-state index is -2.42. The summed E-state index contributed by atoms with van der Waals surface area (Å²) in [5.41, 5.74) is 0. The van der Waals surface area contributed by atoms with Crippen LogP contribution in [0.5, 0.6) is 0 Å². The highest BCUT2D eigenvalue weighted by Gasteiger charge is 2.40. The molecule has 1 saturated heterocycles. The van der Waals surface area contributed by atoms with E-state index in [4.69, 9.17) is 22.4 Å². The molecule has 0 aromatic carbocycles. The van der Waals surface area contributed by atoms with Crippen molar-refractivity contribution in [3.8, 4) is 0 Å². The van der Waals surface area contributed by atoms with Gasteiger partial charge in [0.05, 0.1) is 5.76 Å². The van der Waals surface area contributed by atoms with Crippen LogP contribution in [0.2, 0.25) is 39.3 Å². The van der Waals surface area contributed by atoms with Crippen molar-refractivity contribution >= 4 is 25.9 Å². The molecule has 0 N–H and O–H groups in total. The second-order valence-corrected chi connectivity index (χ2v) is 17.0. The van der Waals surface area contributed by atoms with Gasteiger partial charge in [0.2, 0.25) is 6.79 Å². The van der Waals surface area contributed by atoms with Crippen LogP contribution in [0.4, 0.5) is 0 Å². The molecule has 1 fully saturated rings. The number of hydrogen-bond donors (Lipinski definition) is 0. The van der Waals surface area contributed by atoms with Crippen LogP contribution in [-0.2, 0) is 22.4 Å². The topological polar surface area (TPSA) is 49.5 Å². The van der Waals surface area contributed by atoms with E-state index in [1.165, 1.54) is 0 Å². The Hall–Kier alpha value is -0.549. The van der Waals surface area contributed by atoms with Crippen LogP contribution in [0, 0.1) is 0 Å². The SMILES string of the molecule is C/C(OCO/C=C1\CO1)=C(/C)[Si](C)(O[Si](C)C)O[Si](C)(C)C. The summed E-state index contributed by atoms with van der Waals surface area (Å²) < 4.78 is 28.7. The van der Waals surface area contributed by atoms with Gasteiger partial charge in [-0.25, -0.2) is 0 Å². The first-order chi connectivity index (χ1) is 10.0. The molecule has 22 heavy (non-hydrogen) atoms. The molecule has 0 amide bonds. The average molecular weight is 362 g/mol. The van der Waals surface area contributed by atoms with E-state index in [9.17, 15) is 0 Å². The Morgan fingerprint density at radius 1 is 1.23 bits per heavy atom. The van der Waals surface area contributed by atoms with Gasteiger partial charge >= 0.3 is 8.56 Å². The molecule has 1 radical (unpaired) electrons. The molecule has 0 spiro atoms. The van der Waals surface area contributed by atoms with E-state index in [0.29, 0.717) is 6.61 Å². The standard InChI is InChI=1S/C14H29O5Si3/c1-12(17-11-15-9-14-10-16-14)13(2)22(8,18-20(3)4)19-21(5,6)7/h9H,10-11H2,1-8H3/b13-12+,14-9+. The maximum atomic E-state index is 6.44. The van der Waals surface area contributed by atoms with E-state index in [1.54, 1.807) is 6.26 Å². The number of ether oxygens (including phenoxy) is 3. The van der Waals surface area contributed by atoms with Gasteiger partial charge in [0.1, 0.15) is 12.9 Å². The molecule has 8 heteroatoms. The second-order valence-electron chi connectivity index (χ2n) is 6.65. The fraction of sp³-hybridized carbons (Fsp3) is 0.714. The minimum Gasteiger partial charge on any atom is -0.483 e. The molecular weight excluding hydrogens is 332 g/mol. The van der Waals surface area contributed by atoms with Crippen molar-refractivity contribution in [3.05, 3.63) is 23.0 Å². The van der Waals surface area contributed by atoms with E-state index < -0.39 is 25.9 Å². The molecule has 1 aliphatic heterocycles. The lowest BCUT2D eigenvalue weighted by atomic mass is 10.5. The summed E-state index contributed by atoms with van der Waals surface area (Å²) in [5, 5.41) is 1.08. The summed E-state index contributed by atoms with van der Waals surface area (Å²) in [4.78, 5) is 0. The average Bonchev–Trinajstić information content (AvgIpc) is 3.13. The van der Waals surface area contributed by atoms with Gasteiger partial charge in [0, 0.05) is 5.20 Å². The van der Waals surface area contributed by atoms with Gasteiger partial charge in [-0.2, -0.15) is 0 Å². The molecule has 1 atom stereocenters. The van der Waals surface area contributed by atoms with Crippen LogP contribution < -0.4 is 0 Å². The van der Waals surface area contributed by atoms with Gasteiger partial charge in [0.25, 0.3) is 0 Å². The lowest BCUT2D eigenvalue weighted by Gasteiger charge is -2.36. The van der Waals surface area contributed by atoms with Crippen LogP contribution >= 0.6 is 0 Å². The third-order valence-corrected chi connectivity index (χ3v) is 11.9. The highest BCUT2D eigenvalue weighted by atomic mass is 28.5. The molecule has 1 aliphatic rings. The van der Waals surface area contributed by atoms with E-state index in [0.717, 1.165) is 16.7 Å². The lowest BCUT2D eigenvalue weighted by Crippen LogP contribution is -2.51. The Morgan fingerprint density at radius 2 is 1.82 bits per heavy atom. The molecule has 127 valence electrons. The summed E-state index contributed by atoms with van der Waals surface area (Å²) in [7, 11) is -4.98. The Morgan fingerprint density at radius 3 is 2.27 bits per heavy atom. The second kappa shape index (κ2) is 7.82. The third kappa shape index (κ3) is 7.14. The highest BCUT2D eigenvalue weighted by molar-refractivity contribution is 6.88. The molecule has 0 aromatic heterocycles. The number of allylic oxidation sites excluding steroid dienone is 2. The summed E-state index contributed by atoms with van der Waals surface area (Å²) >= 11 is 0. The molecule has 5 nitrogen and oxygen atoms in total. The Kier molecular flexibility index (Phi) is 6.93. The molecule has 1 unspecified atom stereocenters. The zero-order valence-electron chi connectivity index (χ0n) is 15.0. The summed E-state index contributed by atoms with van der Waals surface area (Å²) in [6.45, 7) is 17.8. The predicted molar refractivity (Wildman–Crippen MR) is 94.1 cm³/mol. The molecule has 0 aliphatic carbocycles. The summed E-state index contributed by atoms with van der Waals surface area (Å²) in [6, 6.07) is 0. The summed E-state index contributed by atoms with van der Waals surface area (Å²) in [5.74, 6) is 1.68. The zero-order chi connectivity index (χ0) is 17.0. The summed E-state index contributed by atoms with van der Waals surface area (Å²) in [6.07, 6.45) is 1.59. The Balaban J connectivity index is 2.75. The van der Waals surface area contributed by atoms with E-state index in [2.05, 4.69) is 46.2 Å². The fourth-order valence-corrected chi connectivity index (χ4v) is 12.2. The number of rotatable bonds is 9. The lowest BCUT2D eigenvalue weighted by molar-refractivity contribution is 0.0274. The van der Waals surface area contributed by atoms with E-state index >= 15 is 0 Å².